The molecule has 1 saturated heterocycles. The summed E-state index contributed by atoms with van der Waals surface area (Å²) in [5.41, 5.74) is 14.1. The summed E-state index contributed by atoms with van der Waals surface area (Å²) in [4.78, 5) is 6.65. The fourth-order valence-electron chi connectivity index (χ4n) is 3.90. The third-order valence-corrected chi connectivity index (χ3v) is 6.33. The second-order valence-electron chi connectivity index (χ2n) is 8.37. The molecule has 2 aromatic rings. The number of hydrogen-bond donors (Lipinski definition) is 3. The van der Waals surface area contributed by atoms with Crippen LogP contribution in [0.25, 0.3) is 0 Å². The number of aliphatic imine (C=N–C) groups is 1. The number of likely N-dealkylation sites (tertiary alicyclic amines) is 1. The van der Waals surface area contributed by atoms with E-state index in [0.717, 1.165) is 25.9 Å². The summed E-state index contributed by atoms with van der Waals surface area (Å²) in [6.45, 7) is 4.26. The summed E-state index contributed by atoms with van der Waals surface area (Å²) in [6, 6.07) is 8.29. The van der Waals surface area contributed by atoms with Gasteiger partial charge in [-0.25, -0.2) is 9.38 Å². The van der Waals surface area contributed by atoms with Crippen LogP contribution < -0.4 is 16.8 Å². The zero-order chi connectivity index (χ0) is 21.5. The van der Waals surface area contributed by atoms with Crippen LogP contribution in [0.15, 0.2) is 35.3 Å². The zero-order valence-electron chi connectivity index (χ0n) is 17.1. The van der Waals surface area contributed by atoms with Gasteiger partial charge in [-0.05, 0) is 58.1 Å². The second kappa shape index (κ2) is 7.59. The number of hydrogen-bond acceptors (Lipinski definition) is 5. The lowest BCUT2D eigenvalue weighted by Gasteiger charge is -2.34. The third kappa shape index (κ3) is 3.65. The van der Waals surface area contributed by atoms with Gasteiger partial charge in [0.1, 0.15) is 5.82 Å². The van der Waals surface area contributed by atoms with E-state index in [1.54, 1.807) is 18.2 Å². The van der Waals surface area contributed by atoms with Crippen molar-refractivity contribution in [2.24, 2.45) is 16.1 Å². The smallest absolute Gasteiger partial charge is 0.166 e. The van der Waals surface area contributed by atoms with E-state index >= 15 is 0 Å². The zero-order valence-corrected chi connectivity index (χ0v) is 17.9. The normalized spacial score (nSPS) is 22.6. The fraction of sp³-hybridized carbons (Fsp3) is 0.348. The van der Waals surface area contributed by atoms with Gasteiger partial charge in [-0.3, -0.25) is 5.73 Å². The monoisotopic (exact) mass is 425 g/mol. The van der Waals surface area contributed by atoms with Crippen LogP contribution in [0, 0.1) is 23.1 Å². The number of halogens is 2. The quantitative estimate of drug-likeness (QED) is 0.480. The van der Waals surface area contributed by atoms with Gasteiger partial charge in [-0.2, -0.15) is 0 Å². The van der Waals surface area contributed by atoms with Crippen LogP contribution in [0.1, 0.15) is 36.5 Å². The molecule has 0 saturated carbocycles. The molecule has 1 unspecified atom stereocenters. The molecule has 4 rings (SSSR count). The van der Waals surface area contributed by atoms with E-state index in [1.807, 2.05) is 6.07 Å². The number of nitrogens with zero attached hydrogens (tertiary/aromatic N) is 2. The van der Waals surface area contributed by atoms with Crippen molar-refractivity contribution < 1.29 is 4.39 Å². The molecule has 2 aliphatic heterocycles. The largest absolute Gasteiger partial charge is 0.398 e. The number of anilines is 2. The first-order chi connectivity index (χ1) is 14.2. The van der Waals surface area contributed by atoms with Crippen LogP contribution in [-0.2, 0) is 5.66 Å². The average molecular weight is 426 g/mol. The predicted octanol–water partition coefficient (Wildman–Crippen LogP) is 3.76. The van der Waals surface area contributed by atoms with Crippen molar-refractivity contribution in [1.29, 1.82) is 0 Å². The summed E-state index contributed by atoms with van der Waals surface area (Å²) in [6.07, 6.45) is 3.51. The van der Waals surface area contributed by atoms with Crippen molar-refractivity contribution >= 4 is 29.3 Å². The van der Waals surface area contributed by atoms with Gasteiger partial charge in [0.05, 0.1) is 11.4 Å². The van der Waals surface area contributed by atoms with Crippen molar-refractivity contribution in [1.82, 2.24) is 4.90 Å². The van der Waals surface area contributed by atoms with E-state index in [0.29, 0.717) is 22.5 Å². The number of nitrogens with one attached hydrogen (secondary N) is 1. The van der Waals surface area contributed by atoms with E-state index in [4.69, 9.17) is 23.1 Å². The Balaban J connectivity index is 1.73. The minimum Gasteiger partial charge on any atom is -0.398 e. The lowest BCUT2D eigenvalue weighted by molar-refractivity contribution is 0.187. The molecule has 2 heterocycles. The Hall–Kier alpha value is -2.59. The van der Waals surface area contributed by atoms with Crippen molar-refractivity contribution in [2.45, 2.75) is 25.4 Å². The van der Waals surface area contributed by atoms with E-state index < -0.39 is 11.5 Å². The van der Waals surface area contributed by atoms with E-state index in [9.17, 15) is 4.39 Å². The van der Waals surface area contributed by atoms with Gasteiger partial charge in [0.15, 0.2) is 5.66 Å². The van der Waals surface area contributed by atoms with Gasteiger partial charge in [0.2, 0.25) is 0 Å². The number of rotatable bonds is 1. The number of piperidine rings is 1. The molecular weight excluding hydrogens is 401 g/mol. The highest BCUT2D eigenvalue weighted by molar-refractivity contribution is 6.30. The van der Waals surface area contributed by atoms with Gasteiger partial charge in [-0.15, -0.1) is 0 Å². The number of fused-ring (bicyclic) bond motifs is 1. The fourth-order valence-corrected chi connectivity index (χ4v) is 4.08. The number of nitrogens with two attached hydrogens (primary N) is 2. The summed E-state index contributed by atoms with van der Waals surface area (Å²) < 4.78 is 14.7. The van der Waals surface area contributed by atoms with E-state index in [2.05, 4.69) is 41.0 Å². The Labute approximate surface area is 181 Å². The Morgan fingerprint density at radius 3 is 2.70 bits per heavy atom. The SMILES string of the molecule is CN1CCC(C)(C#Cc2cc3c(cc2N)C(N)(c2cccc(Cl)c2F)N=CN3)CC1. The molecule has 30 heavy (non-hydrogen) atoms. The first-order valence-electron chi connectivity index (χ1n) is 9.91. The molecule has 156 valence electrons. The van der Waals surface area contributed by atoms with Crippen LogP contribution in [0.3, 0.4) is 0 Å². The van der Waals surface area contributed by atoms with E-state index in [1.165, 1.54) is 12.4 Å². The molecule has 0 amide bonds. The van der Waals surface area contributed by atoms with Crippen molar-refractivity contribution in [2.75, 3.05) is 31.2 Å². The lowest BCUT2D eigenvalue weighted by Crippen LogP contribution is -2.40. The standard InChI is InChI=1S/C23H25ClFN5/c1-22(8-10-30(2)11-9-22)7-6-15-12-20-17(13-19(15)26)23(27,29-14-28-20)16-4-3-5-18(24)21(16)25/h3-5,12-14H,8-11,26-27H2,1-2H3,(H,28,29). The maximum absolute atomic E-state index is 14.7. The van der Waals surface area contributed by atoms with Crippen LogP contribution in [0.4, 0.5) is 15.8 Å². The number of benzene rings is 2. The first kappa shape index (κ1) is 20.7. The molecule has 0 bridgehead atoms. The predicted molar refractivity (Wildman–Crippen MR) is 121 cm³/mol. The highest BCUT2D eigenvalue weighted by Gasteiger charge is 2.37. The minimum absolute atomic E-state index is 0.00515. The third-order valence-electron chi connectivity index (χ3n) is 6.04. The Bertz CT molecular complexity index is 1080. The molecule has 0 aliphatic carbocycles. The van der Waals surface area contributed by atoms with E-state index in [-0.39, 0.29) is 16.0 Å². The Morgan fingerprint density at radius 2 is 1.97 bits per heavy atom. The highest BCUT2D eigenvalue weighted by atomic mass is 35.5. The topological polar surface area (TPSA) is 79.7 Å². The molecule has 5 N–H and O–H groups in total. The van der Waals surface area contributed by atoms with Gasteiger partial charge in [-0.1, -0.05) is 35.6 Å². The summed E-state index contributed by atoms with van der Waals surface area (Å²) in [5, 5.41) is 3.08. The first-order valence-corrected chi connectivity index (χ1v) is 10.3. The average Bonchev–Trinajstić information content (AvgIpc) is 2.72. The number of nitrogen functional groups attached to an aromatic ring is 1. The molecule has 2 aliphatic rings. The highest BCUT2D eigenvalue weighted by Crippen LogP contribution is 2.40. The molecule has 2 aromatic carbocycles. The van der Waals surface area contributed by atoms with Crippen LogP contribution in [0.5, 0.6) is 0 Å². The minimum atomic E-state index is -1.43. The van der Waals surface area contributed by atoms with Crippen molar-refractivity contribution in [3.05, 3.63) is 57.9 Å². The Morgan fingerprint density at radius 1 is 1.23 bits per heavy atom. The van der Waals surface area contributed by atoms with Crippen LogP contribution >= 0.6 is 11.6 Å². The second-order valence-corrected chi connectivity index (χ2v) is 8.78. The van der Waals surface area contributed by atoms with Gasteiger partial charge in [0, 0.05) is 33.5 Å². The lowest BCUT2D eigenvalue weighted by atomic mass is 9.81. The van der Waals surface area contributed by atoms with Crippen LogP contribution in [0.2, 0.25) is 5.02 Å². The van der Waals surface area contributed by atoms with Gasteiger partial charge in [0.25, 0.3) is 0 Å². The molecule has 0 radical (unpaired) electrons. The van der Waals surface area contributed by atoms with Crippen molar-refractivity contribution in [3.8, 4) is 11.8 Å². The summed E-state index contributed by atoms with van der Waals surface area (Å²) in [7, 11) is 2.13. The molecule has 1 atom stereocenters. The molecular formula is C23H25ClFN5. The van der Waals surface area contributed by atoms with Gasteiger partial charge < -0.3 is 16.0 Å². The maximum Gasteiger partial charge on any atom is 0.166 e. The molecule has 1 fully saturated rings. The molecule has 5 nitrogen and oxygen atoms in total. The maximum atomic E-state index is 14.7. The summed E-state index contributed by atoms with van der Waals surface area (Å²) >= 11 is 5.97. The summed E-state index contributed by atoms with van der Waals surface area (Å²) in [5.74, 6) is 6.09. The molecule has 0 spiro atoms. The van der Waals surface area contributed by atoms with Crippen molar-refractivity contribution in [3.63, 3.8) is 0 Å². The van der Waals surface area contributed by atoms with Crippen LogP contribution in [-0.4, -0.2) is 31.4 Å². The Kier molecular flexibility index (Phi) is 5.23. The molecule has 7 heteroatoms. The molecule has 0 aromatic heterocycles. The van der Waals surface area contributed by atoms with Gasteiger partial charge >= 0.3 is 0 Å².